The van der Waals surface area contributed by atoms with E-state index >= 15 is 0 Å². The molecule has 2 heterocycles. The van der Waals surface area contributed by atoms with Crippen molar-refractivity contribution in [2.45, 2.75) is 13.8 Å². The summed E-state index contributed by atoms with van der Waals surface area (Å²) < 4.78 is 0. The molecule has 0 fully saturated rings. The van der Waals surface area contributed by atoms with Crippen LogP contribution in [0, 0.1) is 6.92 Å². The number of carbonyl (C=O) groups excluding carboxylic acids is 2. The number of hydrogen-bond donors (Lipinski definition) is 4. The first kappa shape index (κ1) is 24.6. The lowest BCUT2D eigenvalue weighted by Crippen LogP contribution is -2.30. The molecule has 36 heavy (non-hydrogen) atoms. The molecule has 2 aromatic carbocycles. The van der Waals surface area contributed by atoms with E-state index in [2.05, 4.69) is 26.3 Å². The summed E-state index contributed by atoms with van der Waals surface area (Å²) in [6.45, 7) is 5.28. The molecule has 4 rings (SSSR count). The summed E-state index contributed by atoms with van der Waals surface area (Å²) in [5.41, 5.74) is 2.14. The average Bonchev–Trinajstić information content (AvgIpc) is 2.90. The predicted molar refractivity (Wildman–Crippen MR) is 142 cm³/mol. The van der Waals surface area contributed by atoms with E-state index in [1.54, 1.807) is 6.20 Å². The summed E-state index contributed by atoms with van der Waals surface area (Å²) in [6.07, 6.45) is 1.64. The number of hydrogen-bond acceptors (Lipinski definition) is 7. The zero-order chi connectivity index (χ0) is 25.3. The van der Waals surface area contributed by atoms with Crippen molar-refractivity contribution in [1.82, 2.24) is 25.6 Å². The largest absolute Gasteiger partial charge is 0.368 e. The molecular weight excluding hydrogens is 454 g/mol. The molecule has 0 aliphatic rings. The number of benzene rings is 2. The Balaban J connectivity index is 1.44. The highest BCUT2D eigenvalue weighted by Crippen LogP contribution is 2.25. The number of aromatic nitrogens is 3. The fraction of sp³-hybridized carbons (Fsp3) is 0.222. The van der Waals surface area contributed by atoms with Crippen LogP contribution in [0.4, 0.5) is 11.6 Å². The first-order valence-electron chi connectivity index (χ1n) is 11.8. The van der Waals surface area contributed by atoms with Gasteiger partial charge in [-0.15, -0.1) is 0 Å². The minimum atomic E-state index is -0.224. The van der Waals surface area contributed by atoms with Crippen LogP contribution in [0.2, 0.25) is 0 Å². The molecule has 9 heteroatoms. The van der Waals surface area contributed by atoms with Crippen LogP contribution in [0.3, 0.4) is 0 Å². The molecule has 0 bridgehead atoms. The fourth-order valence-corrected chi connectivity index (χ4v) is 3.74. The van der Waals surface area contributed by atoms with Gasteiger partial charge < -0.3 is 21.3 Å². The fourth-order valence-electron chi connectivity index (χ4n) is 3.74. The van der Waals surface area contributed by atoms with E-state index < -0.39 is 0 Å². The van der Waals surface area contributed by atoms with Gasteiger partial charge in [0.1, 0.15) is 17.3 Å². The molecule has 4 aromatic rings. The molecule has 0 unspecified atom stereocenters. The summed E-state index contributed by atoms with van der Waals surface area (Å²) in [6, 6.07) is 19.3. The Kier molecular flexibility index (Phi) is 8.02. The van der Waals surface area contributed by atoms with Gasteiger partial charge in [0.05, 0.1) is 0 Å². The summed E-state index contributed by atoms with van der Waals surface area (Å²) in [5.74, 6) is 1.63. The van der Waals surface area contributed by atoms with Gasteiger partial charge in [-0.05, 0) is 18.4 Å². The van der Waals surface area contributed by atoms with Crippen molar-refractivity contribution in [1.29, 1.82) is 0 Å². The van der Waals surface area contributed by atoms with Gasteiger partial charge in [0, 0.05) is 55.8 Å². The average molecular weight is 484 g/mol. The number of carbonyl (C=O) groups is 2. The van der Waals surface area contributed by atoms with Crippen LogP contribution >= 0.6 is 0 Å². The summed E-state index contributed by atoms with van der Waals surface area (Å²) in [5, 5.41) is 14.1. The zero-order valence-corrected chi connectivity index (χ0v) is 20.3. The minimum absolute atomic E-state index is 0.0794. The Bertz CT molecular complexity index is 1350. The van der Waals surface area contributed by atoms with Crippen molar-refractivity contribution in [2.24, 2.45) is 0 Å². The number of amides is 2. The van der Waals surface area contributed by atoms with Crippen LogP contribution in [-0.4, -0.2) is 52.9 Å². The van der Waals surface area contributed by atoms with Crippen molar-refractivity contribution >= 4 is 34.2 Å². The van der Waals surface area contributed by atoms with Crippen molar-refractivity contribution < 1.29 is 9.59 Å². The number of pyridine rings is 1. The van der Waals surface area contributed by atoms with Crippen molar-refractivity contribution in [3.05, 3.63) is 78.1 Å². The van der Waals surface area contributed by atoms with Crippen LogP contribution < -0.4 is 21.3 Å². The van der Waals surface area contributed by atoms with E-state index in [1.165, 1.54) is 6.92 Å². The Morgan fingerprint density at radius 1 is 0.778 bits per heavy atom. The highest BCUT2D eigenvalue weighted by Gasteiger charge is 2.14. The Hall–Kier alpha value is -4.53. The second kappa shape index (κ2) is 11.7. The van der Waals surface area contributed by atoms with Gasteiger partial charge in [0.2, 0.25) is 5.91 Å². The van der Waals surface area contributed by atoms with E-state index in [9.17, 15) is 9.59 Å². The molecule has 4 N–H and O–H groups in total. The molecule has 0 spiro atoms. The van der Waals surface area contributed by atoms with E-state index in [4.69, 9.17) is 9.97 Å². The second-order valence-corrected chi connectivity index (χ2v) is 8.21. The lowest BCUT2D eigenvalue weighted by atomic mass is 10.1. The second-order valence-electron chi connectivity index (χ2n) is 8.21. The van der Waals surface area contributed by atoms with E-state index in [0.29, 0.717) is 49.3 Å². The van der Waals surface area contributed by atoms with Gasteiger partial charge in [-0.2, -0.15) is 0 Å². The molecule has 0 aliphatic heterocycles. The predicted octanol–water partition coefficient (Wildman–Crippen LogP) is 3.39. The Morgan fingerprint density at radius 3 is 2.11 bits per heavy atom. The van der Waals surface area contributed by atoms with Crippen LogP contribution in [0.25, 0.3) is 22.2 Å². The quantitative estimate of drug-likeness (QED) is 0.255. The smallest absolute Gasteiger partial charge is 0.270 e. The molecular formula is C27H29N7O2. The van der Waals surface area contributed by atoms with Crippen LogP contribution in [0.1, 0.15) is 23.0 Å². The number of nitrogens with zero attached hydrogens (tertiary/aromatic N) is 3. The lowest BCUT2D eigenvalue weighted by molar-refractivity contribution is -0.118. The Labute approximate surface area is 209 Å². The number of nitrogens with one attached hydrogen (secondary N) is 4. The standard InChI is InChI=1S/C27H29N7O2/c1-18-24(30-15-14-28-19(2)35)33-26(21-9-4-3-5-10-21)34-25(18)31-16-17-32-27(36)23-22-11-7-6-8-20(22)12-13-29-23/h3-13H,14-17H2,1-2H3,(H,28,35)(H,32,36)(H2,30,31,33,34). The van der Waals surface area contributed by atoms with Crippen molar-refractivity contribution in [3.8, 4) is 11.4 Å². The third-order valence-corrected chi connectivity index (χ3v) is 5.56. The summed E-state index contributed by atoms with van der Waals surface area (Å²) in [4.78, 5) is 37.6. The van der Waals surface area contributed by atoms with Gasteiger partial charge in [-0.25, -0.2) is 9.97 Å². The first-order chi connectivity index (χ1) is 17.5. The summed E-state index contributed by atoms with van der Waals surface area (Å²) in [7, 11) is 0. The van der Waals surface area contributed by atoms with Gasteiger partial charge in [0.25, 0.3) is 5.91 Å². The normalized spacial score (nSPS) is 10.6. The molecule has 0 saturated heterocycles. The molecule has 184 valence electrons. The molecule has 9 nitrogen and oxygen atoms in total. The van der Waals surface area contributed by atoms with E-state index in [1.807, 2.05) is 67.6 Å². The van der Waals surface area contributed by atoms with Crippen molar-refractivity contribution in [3.63, 3.8) is 0 Å². The van der Waals surface area contributed by atoms with Gasteiger partial charge in [0.15, 0.2) is 5.82 Å². The van der Waals surface area contributed by atoms with Gasteiger partial charge >= 0.3 is 0 Å². The summed E-state index contributed by atoms with van der Waals surface area (Å²) >= 11 is 0. The Morgan fingerprint density at radius 2 is 1.42 bits per heavy atom. The van der Waals surface area contributed by atoms with E-state index in [-0.39, 0.29) is 11.8 Å². The molecule has 2 aromatic heterocycles. The SMILES string of the molecule is CC(=O)NCCNc1nc(-c2ccccc2)nc(NCCNC(=O)c2nccc3ccccc23)c1C. The molecule has 0 radical (unpaired) electrons. The third kappa shape index (κ3) is 6.12. The minimum Gasteiger partial charge on any atom is -0.368 e. The van der Waals surface area contributed by atoms with Gasteiger partial charge in [-0.1, -0.05) is 54.6 Å². The molecule has 0 atom stereocenters. The lowest BCUT2D eigenvalue weighted by Gasteiger charge is -2.16. The molecule has 0 saturated carbocycles. The molecule has 0 aliphatic carbocycles. The topological polar surface area (TPSA) is 121 Å². The monoisotopic (exact) mass is 483 g/mol. The highest BCUT2D eigenvalue weighted by atomic mass is 16.2. The van der Waals surface area contributed by atoms with Crippen LogP contribution in [0.15, 0.2) is 66.9 Å². The number of anilines is 2. The number of fused-ring (bicyclic) bond motifs is 1. The number of rotatable bonds is 10. The highest BCUT2D eigenvalue weighted by molar-refractivity contribution is 6.05. The maximum Gasteiger partial charge on any atom is 0.270 e. The third-order valence-electron chi connectivity index (χ3n) is 5.56. The zero-order valence-electron chi connectivity index (χ0n) is 20.3. The van der Waals surface area contributed by atoms with Crippen LogP contribution in [0.5, 0.6) is 0 Å². The van der Waals surface area contributed by atoms with Gasteiger partial charge in [-0.3, -0.25) is 14.6 Å². The maximum absolute atomic E-state index is 12.8. The maximum atomic E-state index is 12.8. The van der Waals surface area contributed by atoms with Crippen molar-refractivity contribution in [2.75, 3.05) is 36.8 Å². The van der Waals surface area contributed by atoms with Crippen LogP contribution in [-0.2, 0) is 4.79 Å². The molecule has 2 amide bonds. The van der Waals surface area contributed by atoms with E-state index in [0.717, 1.165) is 21.9 Å². The first-order valence-corrected chi connectivity index (χ1v) is 11.8.